The lowest BCUT2D eigenvalue weighted by molar-refractivity contribution is -0.272. The molecule has 0 spiro atoms. The van der Waals surface area contributed by atoms with Crippen LogP contribution in [0.15, 0.2) is 0 Å². The predicted molar refractivity (Wildman–Crippen MR) is 155 cm³/mol. The minimum absolute atomic E-state index is 0.0730. The van der Waals surface area contributed by atoms with Crippen molar-refractivity contribution >= 4 is 11.8 Å². The number of hydrogen-bond acceptors (Lipinski definition) is 16. The molecule has 2 heterocycles. The van der Waals surface area contributed by atoms with E-state index in [2.05, 4.69) is 10.6 Å². The van der Waals surface area contributed by atoms with Crippen LogP contribution in [-0.4, -0.2) is 183 Å². The Morgan fingerprint density at radius 2 is 0.957 bits per heavy atom. The Morgan fingerprint density at radius 3 is 1.30 bits per heavy atom. The van der Waals surface area contributed by atoms with E-state index < -0.39 is 86.3 Å². The normalized spacial score (nSPS) is 32.2. The molecule has 0 aromatic heterocycles. The lowest BCUT2D eigenvalue weighted by Gasteiger charge is -2.42. The monoisotopic (exact) mass is 672 g/mol. The van der Waals surface area contributed by atoms with Crippen LogP contribution in [-0.2, 0) is 47.5 Å². The van der Waals surface area contributed by atoms with Gasteiger partial charge in [-0.25, -0.2) is 0 Å². The van der Waals surface area contributed by atoms with Crippen LogP contribution >= 0.6 is 0 Å². The van der Waals surface area contributed by atoms with Crippen LogP contribution in [0.25, 0.3) is 0 Å². The molecule has 46 heavy (non-hydrogen) atoms. The summed E-state index contributed by atoms with van der Waals surface area (Å²) in [5.74, 6) is -0.765. The van der Waals surface area contributed by atoms with Crippen LogP contribution in [0.1, 0.15) is 20.8 Å². The Morgan fingerprint density at radius 1 is 0.609 bits per heavy atom. The molecule has 2 aliphatic rings. The molecule has 0 saturated carbocycles. The number of nitrogens with one attached hydrogen (secondary N) is 2. The zero-order chi connectivity index (χ0) is 34.1. The molecule has 9 unspecified atom stereocenters. The van der Waals surface area contributed by atoms with Crippen molar-refractivity contribution in [3.05, 3.63) is 0 Å². The quantitative estimate of drug-likeness (QED) is 0.0506. The summed E-state index contributed by atoms with van der Waals surface area (Å²) in [5, 5.41) is 64.3. The molecule has 2 aliphatic heterocycles. The fourth-order valence-corrected chi connectivity index (χ4v) is 4.73. The smallest absolute Gasteiger partial charge is 0.217 e. The van der Waals surface area contributed by atoms with Gasteiger partial charge in [-0.3, -0.25) is 9.59 Å². The Bertz CT molecular complexity index is 792. The molecule has 2 amide bonds. The van der Waals surface area contributed by atoms with Crippen LogP contribution < -0.4 is 10.6 Å². The third-order valence-electron chi connectivity index (χ3n) is 7.07. The Labute approximate surface area is 268 Å². The number of ether oxygens (including phenoxy) is 8. The average molecular weight is 673 g/mol. The first-order valence-corrected chi connectivity index (χ1v) is 15.3. The number of rotatable bonds is 22. The highest BCUT2D eigenvalue weighted by molar-refractivity contribution is 5.73. The Kier molecular flexibility index (Phi) is 19.5. The molecule has 0 aromatic rings. The van der Waals surface area contributed by atoms with Gasteiger partial charge >= 0.3 is 0 Å². The molecule has 2 saturated heterocycles. The molecule has 270 valence electrons. The summed E-state index contributed by atoms with van der Waals surface area (Å²) in [6.45, 7) is 6.08. The fraction of sp³-hybridized carbons (Fsp3) is 0.929. The van der Waals surface area contributed by atoms with Crippen molar-refractivity contribution in [1.82, 2.24) is 10.6 Å². The maximum Gasteiger partial charge on any atom is 0.217 e. The second-order valence-corrected chi connectivity index (χ2v) is 11.1. The number of hydrogen-bond donors (Lipinski definition) is 8. The van der Waals surface area contributed by atoms with E-state index >= 15 is 0 Å². The Balaban J connectivity index is 1.48. The standard InChI is InChI=1S/C28H52N2O16/c1-16(14-41-6-4-39-8-10-43-27-21(29-17(2)33)25(37)23(35)19(12-31)45-27)15-42-7-5-40-9-11-44-28-22(30-18(3)34)26(38)24(36)20(13-32)46-28/h16,19-28,31-32,35-38H,4-15H2,1-3H3,(H,29,33)(H,30,34)/t16?,19?,20?,21?,22?,23-,24?,25?,26?,27+,28?/m0/s1. The van der Waals surface area contributed by atoms with Gasteiger partial charge in [0.1, 0.15) is 48.7 Å². The first-order chi connectivity index (χ1) is 22.0. The zero-order valence-corrected chi connectivity index (χ0v) is 26.6. The third kappa shape index (κ3) is 13.9. The van der Waals surface area contributed by atoms with Gasteiger partial charge < -0.3 is 79.2 Å². The highest BCUT2D eigenvalue weighted by Gasteiger charge is 2.46. The van der Waals surface area contributed by atoms with E-state index in [0.717, 1.165) is 0 Å². The van der Waals surface area contributed by atoms with Crippen LogP contribution in [0.3, 0.4) is 0 Å². The third-order valence-corrected chi connectivity index (χ3v) is 7.07. The lowest BCUT2D eigenvalue weighted by Crippen LogP contribution is -2.64. The van der Waals surface area contributed by atoms with Gasteiger partial charge in [0.25, 0.3) is 0 Å². The SMILES string of the molecule is CC(=O)NC1C(OCCOCCOCC(C)COCCOCCO[C@@H]2OC(CO)[C@H](O)C(O)C2NC(C)=O)OC(CO)C(O)C1O. The number of carbonyl (C=O) groups is 2. The maximum absolute atomic E-state index is 11.5. The highest BCUT2D eigenvalue weighted by atomic mass is 16.7. The molecule has 18 nitrogen and oxygen atoms in total. The second-order valence-electron chi connectivity index (χ2n) is 11.1. The molecule has 2 rings (SSSR count). The number of aliphatic hydroxyl groups excluding tert-OH is 6. The molecule has 2 fully saturated rings. The van der Waals surface area contributed by atoms with Crippen LogP contribution in [0.2, 0.25) is 0 Å². The minimum Gasteiger partial charge on any atom is -0.394 e. The molecular formula is C28H52N2O16. The van der Waals surface area contributed by atoms with Crippen molar-refractivity contribution in [2.75, 3.05) is 79.3 Å². The topological polar surface area (TPSA) is 253 Å². The molecule has 0 aliphatic carbocycles. The molecule has 0 aromatic carbocycles. The summed E-state index contributed by atoms with van der Waals surface area (Å²) in [4.78, 5) is 22.9. The first-order valence-electron chi connectivity index (χ1n) is 15.3. The van der Waals surface area contributed by atoms with Crippen molar-refractivity contribution in [3.8, 4) is 0 Å². The fourth-order valence-electron chi connectivity index (χ4n) is 4.73. The first kappa shape index (κ1) is 40.6. The van der Waals surface area contributed by atoms with Crippen molar-refractivity contribution in [2.24, 2.45) is 5.92 Å². The van der Waals surface area contributed by atoms with Crippen LogP contribution in [0, 0.1) is 5.92 Å². The van der Waals surface area contributed by atoms with Crippen molar-refractivity contribution in [1.29, 1.82) is 0 Å². The van der Waals surface area contributed by atoms with E-state index in [9.17, 15) is 40.2 Å². The number of carbonyl (C=O) groups excluding carboxylic acids is 2. The second kappa shape index (κ2) is 22.1. The zero-order valence-electron chi connectivity index (χ0n) is 26.6. The van der Waals surface area contributed by atoms with E-state index in [1.54, 1.807) is 0 Å². The van der Waals surface area contributed by atoms with Gasteiger partial charge in [0, 0.05) is 19.8 Å². The predicted octanol–water partition coefficient (Wildman–Crippen LogP) is -4.39. The van der Waals surface area contributed by atoms with E-state index in [-0.39, 0.29) is 32.3 Å². The maximum atomic E-state index is 11.5. The van der Waals surface area contributed by atoms with Crippen molar-refractivity contribution in [3.63, 3.8) is 0 Å². The van der Waals surface area contributed by atoms with E-state index in [1.807, 2.05) is 6.92 Å². The number of aliphatic hydroxyl groups is 6. The lowest BCUT2D eigenvalue weighted by atomic mass is 9.97. The summed E-state index contributed by atoms with van der Waals surface area (Å²) in [7, 11) is 0. The minimum atomic E-state index is -1.38. The van der Waals surface area contributed by atoms with Gasteiger partial charge in [0.15, 0.2) is 12.6 Å². The van der Waals surface area contributed by atoms with Crippen molar-refractivity contribution in [2.45, 2.75) is 82.1 Å². The van der Waals surface area contributed by atoms with Gasteiger partial charge in [0.05, 0.1) is 79.3 Å². The summed E-state index contributed by atoms with van der Waals surface area (Å²) >= 11 is 0. The van der Waals surface area contributed by atoms with Gasteiger partial charge in [-0.1, -0.05) is 6.92 Å². The van der Waals surface area contributed by atoms with Gasteiger partial charge in [0.2, 0.25) is 11.8 Å². The summed E-state index contributed by atoms with van der Waals surface area (Å²) in [5.41, 5.74) is 0. The van der Waals surface area contributed by atoms with Gasteiger partial charge in [-0.15, -0.1) is 0 Å². The molecule has 0 bridgehead atoms. The highest BCUT2D eigenvalue weighted by Crippen LogP contribution is 2.23. The summed E-state index contributed by atoms with van der Waals surface area (Å²) in [6.07, 6.45) is -9.79. The van der Waals surface area contributed by atoms with Crippen LogP contribution in [0.4, 0.5) is 0 Å². The Hall–Kier alpha value is -1.62. The van der Waals surface area contributed by atoms with Gasteiger partial charge in [-0.05, 0) is 0 Å². The number of amides is 2. The van der Waals surface area contributed by atoms with E-state index in [0.29, 0.717) is 39.6 Å². The van der Waals surface area contributed by atoms with Crippen molar-refractivity contribution < 1.29 is 78.1 Å². The van der Waals surface area contributed by atoms with Gasteiger partial charge in [-0.2, -0.15) is 0 Å². The van der Waals surface area contributed by atoms with E-state index in [4.69, 9.17) is 37.9 Å². The molecule has 18 heteroatoms. The largest absolute Gasteiger partial charge is 0.394 e. The summed E-state index contributed by atoms with van der Waals surface area (Å²) < 4.78 is 44.3. The average Bonchev–Trinajstić information content (AvgIpc) is 3.01. The molecule has 0 radical (unpaired) electrons. The molecular weight excluding hydrogens is 620 g/mol. The summed E-state index contributed by atoms with van der Waals surface area (Å²) in [6, 6.07) is -2.02. The van der Waals surface area contributed by atoms with E-state index in [1.165, 1.54) is 13.8 Å². The molecule has 11 atom stereocenters. The molecule has 8 N–H and O–H groups in total. The van der Waals surface area contributed by atoms with Crippen LogP contribution in [0.5, 0.6) is 0 Å².